The van der Waals surface area contributed by atoms with Crippen molar-refractivity contribution >= 4 is 16.8 Å². The van der Waals surface area contributed by atoms with E-state index in [9.17, 15) is 41.0 Å². The lowest BCUT2D eigenvalue weighted by atomic mass is 9.96. The number of nitrogens with zero attached hydrogens (tertiary/aromatic N) is 2. The van der Waals surface area contributed by atoms with Gasteiger partial charge in [0.15, 0.2) is 0 Å². The number of aromatic nitrogens is 2. The summed E-state index contributed by atoms with van der Waals surface area (Å²) in [6.45, 7) is 2.38. The number of aryl methyl sites for hydroxylation is 1. The van der Waals surface area contributed by atoms with Crippen molar-refractivity contribution in [3.8, 4) is 11.1 Å². The number of amides is 1. The molecule has 0 aliphatic heterocycles. The maximum atomic E-state index is 13.7. The lowest BCUT2D eigenvalue weighted by molar-refractivity contribution is -0.143. The highest BCUT2D eigenvalue weighted by Gasteiger charge is 2.37. The molecule has 0 saturated heterocycles. The minimum Gasteiger partial charge on any atom is -0.396 e. The standard InChI is InChI=1S/C29H25F6N3O3/c1-16-5-7-19(8-6-16)23-22-4-3-9-36-24(22)27(41)38(14-17(2)15-39)25(23)26(40)37-13-18-10-20(28(30,31)32)12-21(11-18)29(33,34)35/h3-12,17,39H,13-15H2,1-2H3,(H,37,40). The smallest absolute Gasteiger partial charge is 0.396 e. The normalized spacial score (nSPS) is 12.9. The quantitative estimate of drug-likeness (QED) is 0.265. The Labute approximate surface area is 230 Å². The summed E-state index contributed by atoms with van der Waals surface area (Å²) in [6, 6.07) is 11.2. The molecule has 41 heavy (non-hydrogen) atoms. The first kappa shape index (κ1) is 29.8. The number of carbonyl (C=O) groups excluding carboxylic acids is 1. The SMILES string of the molecule is Cc1ccc(-c2c(C(=O)NCc3cc(C(F)(F)F)cc(C(F)(F)F)c3)n(CC(C)CO)c(=O)c3ncccc23)cc1. The maximum absolute atomic E-state index is 13.7. The lowest BCUT2D eigenvalue weighted by Crippen LogP contribution is -2.35. The Morgan fingerprint density at radius 1 is 1.00 bits per heavy atom. The molecular weight excluding hydrogens is 552 g/mol. The molecule has 0 saturated carbocycles. The molecule has 2 heterocycles. The van der Waals surface area contributed by atoms with E-state index in [1.165, 1.54) is 6.20 Å². The first-order valence-corrected chi connectivity index (χ1v) is 12.5. The summed E-state index contributed by atoms with van der Waals surface area (Å²) in [5.74, 6) is -1.39. The lowest BCUT2D eigenvalue weighted by Gasteiger charge is -2.21. The maximum Gasteiger partial charge on any atom is 0.416 e. The van der Waals surface area contributed by atoms with Crippen LogP contribution in [0.5, 0.6) is 0 Å². The average Bonchev–Trinajstić information content (AvgIpc) is 2.92. The summed E-state index contributed by atoms with van der Waals surface area (Å²) < 4.78 is 81.2. The van der Waals surface area contributed by atoms with E-state index in [1.54, 1.807) is 43.3 Å². The summed E-state index contributed by atoms with van der Waals surface area (Å²) in [7, 11) is 0. The Morgan fingerprint density at radius 3 is 2.17 bits per heavy atom. The second kappa shape index (κ2) is 11.4. The third-order valence-corrected chi connectivity index (χ3v) is 6.49. The largest absolute Gasteiger partial charge is 0.416 e. The molecule has 0 bridgehead atoms. The fourth-order valence-corrected chi connectivity index (χ4v) is 4.45. The van der Waals surface area contributed by atoms with Crippen molar-refractivity contribution in [2.45, 2.75) is 39.3 Å². The Bertz CT molecular complexity index is 1610. The highest BCUT2D eigenvalue weighted by molar-refractivity contribution is 6.07. The topological polar surface area (TPSA) is 84.2 Å². The van der Waals surface area contributed by atoms with E-state index in [4.69, 9.17) is 0 Å². The first-order valence-electron chi connectivity index (χ1n) is 12.5. The van der Waals surface area contributed by atoms with E-state index in [2.05, 4.69) is 10.3 Å². The molecule has 12 heteroatoms. The molecule has 0 fully saturated rings. The van der Waals surface area contributed by atoms with E-state index in [0.29, 0.717) is 28.6 Å². The molecule has 0 aliphatic carbocycles. The molecular formula is C29H25F6N3O3. The van der Waals surface area contributed by atoms with Gasteiger partial charge in [0.05, 0.1) is 11.1 Å². The van der Waals surface area contributed by atoms with Crippen LogP contribution in [0.1, 0.15) is 39.7 Å². The van der Waals surface area contributed by atoms with Crippen LogP contribution in [0.3, 0.4) is 0 Å². The third kappa shape index (κ3) is 6.43. The number of rotatable bonds is 7. The number of benzene rings is 2. The number of aliphatic hydroxyl groups is 1. The number of aliphatic hydroxyl groups excluding tert-OH is 1. The fourth-order valence-electron chi connectivity index (χ4n) is 4.45. The van der Waals surface area contributed by atoms with Gasteiger partial charge in [0.1, 0.15) is 11.2 Å². The van der Waals surface area contributed by atoms with Crippen LogP contribution in [0.25, 0.3) is 22.0 Å². The van der Waals surface area contributed by atoms with E-state index in [0.717, 1.165) is 10.1 Å². The van der Waals surface area contributed by atoms with Gasteiger partial charge >= 0.3 is 12.4 Å². The van der Waals surface area contributed by atoms with Crippen LogP contribution in [-0.2, 0) is 25.4 Å². The van der Waals surface area contributed by atoms with Gasteiger partial charge < -0.3 is 15.0 Å². The van der Waals surface area contributed by atoms with Gasteiger partial charge in [0.25, 0.3) is 11.5 Å². The van der Waals surface area contributed by atoms with E-state index >= 15 is 0 Å². The van der Waals surface area contributed by atoms with Gasteiger partial charge in [-0.2, -0.15) is 26.3 Å². The minimum atomic E-state index is -5.05. The molecule has 6 nitrogen and oxygen atoms in total. The monoisotopic (exact) mass is 577 g/mol. The van der Waals surface area contributed by atoms with Crippen LogP contribution in [0.2, 0.25) is 0 Å². The van der Waals surface area contributed by atoms with E-state index in [-0.39, 0.29) is 30.4 Å². The minimum absolute atomic E-state index is 0.00505. The van der Waals surface area contributed by atoms with Gasteiger partial charge in [-0.1, -0.05) is 42.8 Å². The molecule has 1 unspecified atom stereocenters. The van der Waals surface area contributed by atoms with E-state index < -0.39 is 53.0 Å². The van der Waals surface area contributed by atoms with Crippen molar-refractivity contribution in [3.05, 3.63) is 99.1 Å². The zero-order valence-electron chi connectivity index (χ0n) is 21.9. The Hall–Kier alpha value is -4.19. The molecule has 2 N–H and O–H groups in total. The molecule has 0 aliphatic rings. The number of carbonyl (C=O) groups is 1. The third-order valence-electron chi connectivity index (χ3n) is 6.49. The molecule has 1 atom stereocenters. The molecule has 2 aromatic carbocycles. The summed E-state index contributed by atoms with van der Waals surface area (Å²) in [5.41, 5.74) is -2.46. The van der Waals surface area contributed by atoms with Crippen LogP contribution in [0, 0.1) is 12.8 Å². The van der Waals surface area contributed by atoms with Crippen LogP contribution in [0.4, 0.5) is 26.3 Å². The number of fused-ring (bicyclic) bond motifs is 1. The van der Waals surface area contributed by atoms with Gasteiger partial charge in [0, 0.05) is 36.8 Å². The Kier molecular flexibility index (Phi) is 8.25. The number of nitrogens with one attached hydrogen (secondary N) is 1. The highest BCUT2D eigenvalue weighted by atomic mass is 19.4. The summed E-state index contributed by atoms with van der Waals surface area (Å²) in [6.07, 6.45) is -8.69. The summed E-state index contributed by atoms with van der Waals surface area (Å²) in [4.78, 5) is 31.4. The van der Waals surface area contributed by atoms with Crippen molar-refractivity contribution < 1.29 is 36.2 Å². The van der Waals surface area contributed by atoms with Crippen LogP contribution in [0.15, 0.2) is 65.6 Å². The van der Waals surface area contributed by atoms with Gasteiger partial charge in [-0.05, 0) is 48.2 Å². The highest BCUT2D eigenvalue weighted by Crippen LogP contribution is 2.36. The van der Waals surface area contributed by atoms with E-state index in [1.807, 2.05) is 6.92 Å². The first-order chi connectivity index (χ1) is 19.2. The number of halogens is 6. The average molecular weight is 578 g/mol. The second-order valence-corrected chi connectivity index (χ2v) is 9.79. The van der Waals surface area contributed by atoms with Crippen molar-refractivity contribution in [2.24, 2.45) is 5.92 Å². The fraction of sp³-hybridized carbons (Fsp3) is 0.276. The van der Waals surface area contributed by atoms with Crippen molar-refractivity contribution in [2.75, 3.05) is 6.61 Å². The number of pyridine rings is 2. The molecule has 4 aromatic rings. The molecule has 1 amide bonds. The van der Waals surface area contributed by atoms with Crippen molar-refractivity contribution in [3.63, 3.8) is 0 Å². The molecule has 0 radical (unpaired) electrons. The number of hydrogen-bond donors (Lipinski definition) is 2. The van der Waals surface area contributed by atoms with Crippen molar-refractivity contribution in [1.82, 2.24) is 14.9 Å². The number of alkyl halides is 6. The van der Waals surface area contributed by atoms with Gasteiger partial charge in [-0.15, -0.1) is 0 Å². The zero-order valence-corrected chi connectivity index (χ0v) is 21.9. The molecule has 0 spiro atoms. The van der Waals surface area contributed by atoms with Gasteiger partial charge in [-0.3, -0.25) is 14.6 Å². The summed E-state index contributed by atoms with van der Waals surface area (Å²) >= 11 is 0. The Morgan fingerprint density at radius 2 is 1.61 bits per heavy atom. The van der Waals surface area contributed by atoms with Gasteiger partial charge in [-0.25, -0.2) is 0 Å². The van der Waals surface area contributed by atoms with Gasteiger partial charge in [0.2, 0.25) is 0 Å². The van der Waals surface area contributed by atoms with Crippen LogP contribution in [-0.4, -0.2) is 27.2 Å². The Balaban J connectivity index is 1.88. The summed E-state index contributed by atoms with van der Waals surface area (Å²) in [5, 5.41) is 12.4. The molecule has 4 rings (SSSR count). The zero-order chi connectivity index (χ0) is 30.1. The predicted molar refractivity (Wildman–Crippen MR) is 140 cm³/mol. The predicted octanol–water partition coefficient (Wildman–Crippen LogP) is 5.97. The number of hydrogen-bond acceptors (Lipinski definition) is 4. The van der Waals surface area contributed by atoms with Crippen LogP contribution < -0.4 is 10.9 Å². The molecule has 216 valence electrons. The second-order valence-electron chi connectivity index (χ2n) is 9.79. The van der Waals surface area contributed by atoms with Crippen LogP contribution >= 0.6 is 0 Å². The molecule has 2 aromatic heterocycles. The van der Waals surface area contributed by atoms with Crippen molar-refractivity contribution in [1.29, 1.82) is 0 Å².